The van der Waals surface area contributed by atoms with Gasteiger partial charge in [0.05, 0.1) is 0 Å². The van der Waals surface area contributed by atoms with Crippen LogP contribution in [-0.2, 0) is 4.79 Å². The van der Waals surface area contributed by atoms with Crippen LogP contribution in [0.25, 0.3) is 0 Å². The quantitative estimate of drug-likeness (QED) is 0.814. The topological polar surface area (TPSA) is 81.8 Å². The van der Waals surface area contributed by atoms with E-state index in [0.29, 0.717) is 25.9 Å². The van der Waals surface area contributed by atoms with Crippen molar-refractivity contribution in [2.45, 2.75) is 38.3 Å². The number of hydrogen-bond donors (Lipinski definition) is 2. The van der Waals surface area contributed by atoms with Crippen molar-refractivity contribution in [2.75, 3.05) is 18.4 Å². The first-order valence-corrected chi connectivity index (χ1v) is 8.20. The Bertz CT molecular complexity index is 651. The van der Waals surface area contributed by atoms with Crippen LogP contribution in [0.3, 0.4) is 0 Å². The fraction of sp³-hybridized carbons (Fsp3) is 0.471. The first-order chi connectivity index (χ1) is 11.4. The minimum atomic E-state index is -0.856. The standard InChI is InChI=1S/C17H22N4O3/c1-12(2)21-14(22)17(19-16(21)24)8-10-20(11-9-17)15(23)18-13-6-4-3-5-7-13/h3-7,12H,8-11H2,1-2H3,(H,18,23)(H,19,24). The molecule has 0 saturated carbocycles. The average molecular weight is 330 g/mol. The number of imide groups is 1. The van der Waals surface area contributed by atoms with Crippen LogP contribution in [0.1, 0.15) is 26.7 Å². The number of carbonyl (C=O) groups excluding carboxylic acids is 3. The van der Waals surface area contributed by atoms with Gasteiger partial charge < -0.3 is 15.5 Å². The van der Waals surface area contributed by atoms with Gasteiger partial charge >= 0.3 is 12.1 Å². The molecule has 0 radical (unpaired) electrons. The number of likely N-dealkylation sites (tertiary alicyclic amines) is 1. The van der Waals surface area contributed by atoms with Gasteiger partial charge in [0, 0.05) is 24.8 Å². The van der Waals surface area contributed by atoms with Gasteiger partial charge in [0.25, 0.3) is 5.91 Å². The summed E-state index contributed by atoms with van der Waals surface area (Å²) < 4.78 is 0. The molecule has 7 nitrogen and oxygen atoms in total. The van der Waals surface area contributed by atoms with E-state index < -0.39 is 5.54 Å². The van der Waals surface area contributed by atoms with Crippen LogP contribution in [0.5, 0.6) is 0 Å². The summed E-state index contributed by atoms with van der Waals surface area (Å²) >= 11 is 0. The van der Waals surface area contributed by atoms with Crippen molar-refractivity contribution in [3.05, 3.63) is 30.3 Å². The summed E-state index contributed by atoms with van der Waals surface area (Å²) in [6.45, 7) is 4.49. The highest BCUT2D eigenvalue weighted by molar-refractivity contribution is 6.07. The number of piperidine rings is 1. The molecule has 128 valence electrons. The fourth-order valence-corrected chi connectivity index (χ4v) is 3.26. The van der Waals surface area contributed by atoms with Gasteiger partial charge in [0.1, 0.15) is 5.54 Å². The zero-order chi connectivity index (χ0) is 17.3. The van der Waals surface area contributed by atoms with E-state index in [1.807, 2.05) is 44.2 Å². The molecule has 0 aliphatic carbocycles. The third-order valence-electron chi connectivity index (χ3n) is 4.64. The Morgan fingerprint density at radius 3 is 2.33 bits per heavy atom. The van der Waals surface area contributed by atoms with Gasteiger partial charge in [-0.2, -0.15) is 0 Å². The number of amides is 5. The van der Waals surface area contributed by atoms with Gasteiger partial charge in [-0.1, -0.05) is 18.2 Å². The largest absolute Gasteiger partial charge is 0.325 e. The van der Waals surface area contributed by atoms with Crippen LogP contribution >= 0.6 is 0 Å². The number of carbonyl (C=O) groups is 3. The van der Waals surface area contributed by atoms with Crippen LogP contribution in [0, 0.1) is 0 Å². The van der Waals surface area contributed by atoms with E-state index in [2.05, 4.69) is 10.6 Å². The number of nitrogens with zero attached hydrogens (tertiary/aromatic N) is 2. The summed E-state index contributed by atoms with van der Waals surface area (Å²) in [6, 6.07) is 8.55. The molecule has 3 rings (SSSR count). The van der Waals surface area contributed by atoms with Crippen LogP contribution in [0.4, 0.5) is 15.3 Å². The molecule has 2 saturated heterocycles. The van der Waals surface area contributed by atoms with Crippen molar-refractivity contribution in [2.24, 2.45) is 0 Å². The maximum absolute atomic E-state index is 12.6. The number of hydrogen-bond acceptors (Lipinski definition) is 3. The second kappa shape index (κ2) is 6.14. The Morgan fingerprint density at radius 2 is 1.79 bits per heavy atom. The lowest BCUT2D eigenvalue weighted by Gasteiger charge is -2.37. The number of nitrogens with one attached hydrogen (secondary N) is 2. The molecule has 2 N–H and O–H groups in total. The monoisotopic (exact) mass is 330 g/mol. The number of urea groups is 2. The van der Waals surface area contributed by atoms with E-state index in [9.17, 15) is 14.4 Å². The summed E-state index contributed by atoms with van der Waals surface area (Å²) in [5.74, 6) is -0.175. The summed E-state index contributed by atoms with van der Waals surface area (Å²) in [4.78, 5) is 40.0. The molecule has 2 fully saturated rings. The molecular formula is C17H22N4O3. The number of para-hydroxylation sites is 1. The molecular weight excluding hydrogens is 308 g/mol. The van der Waals surface area contributed by atoms with Crippen molar-refractivity contribution in [3.8, 4) is 0 Å². The predicted molar refractivity (Wildman–Crippen MR) is 89.5 cm³/mol. The Kier molecular flexibility index (Phi) is 4.17. The molecule has 2 aliphatic rings. The van der Waals surface area contributed by atoms with E-state index in [4.69, 9.17) is 0 Å². The minimum absolute atomic E-state index is 0.170. The third kappa shape index (κ3) is 2.81. The smallest absolute Gasteiger partial charge is 0.324 e. The van der Waals surface area contributed by atoms with E-state index in [-0.39, 0.29) is 24.0 Å². The Labute approximate surface area is 141 Å². The molecule has 0 bridgehead atoms. The lowest BCUT2D eigenvalue weighted by Crippen LogP contribution is -2.56. The van der Waals surface area contributed by atoms with Crippen LogP contribution < -0.4 is 10.6 Å². The molecule has 0 aromatic heterocycles. The van der Waals surface area contributed by atoms with Crippen LogP contribution in [0.15, 0.2) is 30.3 Å². The highest BCUT2D eigenvalue weighted by Gasteiger charge is 2.53. The maximum Gasteiger partial charge on any atom is 0.325 e. The van der Waals surface area contributed by atoms with Crippen LogP contribution in [-0.4, -0.2) is 52.4 Å². The molecule has 24 heavy (non-hydrogen) atoms. The predicted octanol–water partition coefficient (Wildman–Crippen LogP) is 2.01. The van der Waals surface area contributed by atoms with Gasteiger partial charge in [0.15, 0.2) is 0 Å². The number of rotatable bonds is 2. The Balaban J connectivity index is 1.63. The summed E-state index contributed by atoms with van der Waals surface area (Å²) in [6.07, 6.45) is 0.867. The molecule has 0 unspecified atom stereocenters. The molecule has 1 spiro atoms. The summed E-state index contributed by atoms with van der Waals surface area (Å²) in [5, 5.41) is 5.68. The first kappa shape index (κ1) is 16.3. The number of anilines is 1. The van der Waals surface area contributed by atoms with E-state index in [1.54, 1.807) is 4.90 Å². The molecule has 1 aromatic carbocycles. The van der Waals surface area contributed by atoms with Crippen molar-refractivity contribution in [1.82, 2.24) is 15.1 Å². The van der Waals surface area contributed by atoms with Crippen LogP contribution in [0.2, 0.25) is 0 Å². The summed E-state index contributed by atoms with van der Waals surface area (Å²) in [5.41, 5.74) is -0.121. The van der Waals surface area contributed by atoms with Gasteiger partial charge in [-0.05, 0) is 38.8 Å². The molecule has 2 heterocycles. The van der Waals surface area contributed by atoms with E-state index in [0.717, 1.165) is 5.69 Å². The molecule has 5 amide bonds. The zero-order valence-electron chi connectivity index (χ0n) is 13.9. The third-order valence-corrected chi connectivity index (χ3v) is 4.64. The van der Waals surface area contributed by atoms with E-state index in [1.165, 1.54) is 4.90 Å². The van der Waals surface area contributed by atoms with Gasteiger partial charge in [-0.25, -0.2) is 9.59 Å². The van der Waals surface area contributed by atoms with E-state index >= 15 is 0 Å². The van der Waals surface area contributed by atoms with Gasteiger partial charge in [-0.3, -0.25) is 9.69 Å². The van der Waals surface area contributed by atoms with Gasteiger partial charge in [0.2, 0.25) is 0 Å². The molecule has 1 aromatic rings. The zero-order valence-corrected chi connectivity index (χ0v) is 13.9. The highest BCUT2D eigenvalue weighted by Crippen LogP contribution is 2.30. The van der Waals surface area contributed by atoms with Crippen molar-refractivity contribution in [3.63, 3.8) is 0 Å². The second-order valence-electron chi connectivity index (χ2n) is 6.56. The SMILES string of the molecule is CC(C)N1C(=O)NC2(CCN(C(=O)Nc3ccccc3)CC2)C1=O. The first-order valence-electron chi connectivity index (χ1n) is 8.20. The van der Waals surface area contributed by atoms with Gasteiger partial charge in [-0.15, -0.1) is 0 Å². The highest BCUT2D eigenvalue weighted by atomic mass is 16.2. The maximum atomic E-state index is 12.6. The number of benzene rings is 1. The van der Waals surface area contributed by atoms with Crippen molar-refractivity contribution < 1.29 is 14.4 Å². The normalized spacial score (nSPS) is 19.8. The van der Waals surface area contributed by atoms with Crippen molar-refractivity contribution >= 4 is 23.7 Å². The Morgan fingerprint density at radius 1 is 1.17 bits per heavy atom. The minimum Gasteiger partial charge on any atom is -0.324 e. The molecule has 7 heteroatoms. The molecule has 0 atom stereocenters. The average Bonchev–Trinajstić information content (AvgIpc) is 2.79. The van der Waals surface area contributed by atoms with Crippen molar-refractivity contribution in [1.29, 1.82) is 0 Å². The lowest BCUT2D eigenvalue weighted by molar-refractivity contribution is -0.133. The fourth-order valence-electron chi connectivity index (χ4n) is 3.26. The second-order valence-corrected chi connectivity index (χ2v) is 6.56. The lowest BCUT2D eigenvalue weighted by atomic mass is 9.87. The Hall–Kier alpha value is -2.57. The molecule has 2 aliphatic heterocycles. The summed E-state index contributed by atoms with van der Waals surface area (Å²) in [7, 11) is 0.